The van der Waals surface area contributed by atoms with Gasteiger partial charge in [-0.2, -0.15) is 0 Å². The number of hydrogen-bond donors (Lipinski definition) is 1. The molecule has 1 N–H and O–H groups in total. The monoisotopic (exact) mass is 359 g/mol. The van der Waals surface area contributed by atoms with Crippen molar-refractivity contribution < 1.29 is 8.78 Å². The Morgan fingerprint density at radius 1 is 1.11 bits per heavy atom. The predicted octanol–water partition coefficient (Wildman–Crippen LogP) is 4.74. The second-order valence-corrected chi connectivity index (χ2v) is 5.27. The molecule has 0 saturated heterocycles. The first-order chi connectivity index (χ1) is 8.58. The highest BCUT2D eigenvalue weighted by atomic mass is 127. The Morgan fingerprint density at radius 2 is 1.83 bits per heavy atom. The molecule has 0 aliphatic heterocycles. The fourth-order valence-electron chi connectivity index (χ4n) is 1.76. The fraction of sp³-hybridized carbons (Fsp3) is 0.143. The second-order valence-electron chi connectivity index (χ2n) is 4.02. The lowest BCUT2D eigenvalue weighted by molar-refractivity contribution is 0.494. The van der Waals surface area contributed by atoms with Gasteiger partial charge in [0.1, 0.15) is 0 Å². The van der Waals surface area contributed by atoms with E-state index in [1.54, 1.807) is 13.0 Å². The fourth-order valence-corrected chi connectivity index (χ4v) is 2.30. The first-order valence-electron chi connectivity index (χ1n) is 5.54. The van der Waals surface area contributed by atoms with Gasteiger partial charge in [0.15, 0.2) is 11.6 Å². The summed E-state index contributed by atoms with van der Waals surface area (Å²) in [6, 6.07) is 11.7. The van der Waals surface area contributed by atoms with Gasteiger partial charge in [-0.1, -0.05) is 18.2 Å². The average Bonchev–Trinajstić information content (AvgIpc) is 2.32. The van der Waals surface area contributed by atoms with Crippen molar-refractivity contribution in [3.05, 3.63) is 63.2 Å². The van der Waals surface area contributed by atoms with E-state index in [1.165, 1.54) is 6.07 Å². The number of rotatable bonds is 3. The van der Waals surface area contributed by atoms with E-state index in [2.05, 4.69) is 27.9 Å². The van der Waals surface area contributed by atoms with Crippen LogP contribution in [-0.2, 0) is 0 Å². The third-order valence-corrected chi connectivity index (χ3v) is 3.33. The molecular weight excluding hydrogens is 347 g/mol. The zero-order valence-corrected chi connectivity index (χ0v) is 11.9. The van der Waals surface area contributed by atoms with Gasteiger partial charge in [0.2, 0.25) is 0 Å². The molecule has 18 heavy (non-hydrogen) atoms. The van der Waals surface area contributed by atoms with Gasteiger partial charge in [0.25, 0.3) is 0 Å². The van der Waals surface area contributed by atoms with Gasteiger partial charge >= 0.3 is 0 Å². The maximum absolute atomic E-state index is 13.6. The first kappa shape index (κ1) is 13.3. The largest absolute Gasteiger partial charge is 0.378 e. The van der Waals surface area contributed by atoms with Crippen molar-refractivity contribution in [3.63, 3.8) is 0 Å². The van der Waals surface area contributed by atoms with Crippen molar-refractivity contribution >= 4 is 28.3 Å². The lowest BCUT2D eigenvalue weighted by Gasteiger charge is -2.16. The van der Waals surface area contributed by atoms with E-state index < -0.39 is 11.6 Å². The molecule has 2 rings (SSSR count). The van der Waals surface area contributed by atoms with Crippen LogP contribution in [0.4, 0.5) is 14.5 Å². The second kappa shape index (κ2) is 5.65. The van der Waals surface area contributed by atoms with Crippen LogP contribution in [0.1, 0.15) is 18.5 Å². The van der Waals surface area contributed by atoms with E-state index in [0.29, 0.717) is 5.56 Å². The lowest BCUT2D eigenvalue weighted by atomic mass is 10.1. The lowest BCUT2D eigenvalue weighted by Crippen LogP contribution is -2.09. The molecule has 0 aromatic heterocycles. The van der Waals surface area contributed by atoms with Crippen molar-refractivity contribution in [1.82, 2.24) is 0 Å². The van der Waals surface area contributed by atoms with Crippen molar-refractivity contribution in [2.75, 3.05) is 5.32 Å². The van der Waals surface area contributed by atoms with E-state index in [9.17, 15) is 8.78 Å². The Labute approximate surface area is 118 Å². The van der Waals surface area contributed by atoms with Crippen molar-refractivity contribution in [1.29, 1.82) is 0 Å². The van der Waals surface area contributed by atoms with Crippen molar-refractivity contribution in [2.24, 2.45) is 0 Å². The summed E-state index contributed by atoms with van der Waals surface area (Å²) in [5.41, 5.74) is 1.21. The Kier molecular flexibility index (Phi) is 4.16. The summed E-state index contributed by atoms with van der Waals surface area (Å²) in [6.45, 7) is 1.80. The summed E-state index contributed by atoms with van der Waals surface area (Å²) in [4.78, 5) is 0. The van der Waals surface area contributed by atoms with Crippen LogP contribution in [0.3, 0.4) is 0 Å². The molecule has 1 nitrogen and oxygen atoms in total. The van der Waals surface area contributed by atoms with Crippen LogP contribution in [-0.4, -0.2) is 0 Å². The highest BCUT2D eigenvalue weighted by molar-refractivity contribution is 14.1. The molecule has 0 fully saturated rings. The van der Waals surface area contributed by atoms with Crippen LogP contribution in [0.25, 0.3) is 0 Å². The highest BCUT2D eigenvalue weighted by Gasteiger charge is 2.13. The summed E-state index contributed by atoms with van der Waals surface area (Å²) in [5, 5.41) is 3.16. The molecule has 0 spiro atoms. The maximum Gasteiger partial charge on any atom is 0.164 e. The highest BCUT2D eigenvalue weighted by Crippen LogP contribution is 2.23. The quantitative estimate of drug-likeness (QED) is 0.781. The molecule has 94 valence electrons. The molecule has 2 aromatic carbocycles. The topological polar surface area (TPSA) is 12.0 Å². The third kappa shape index (κ3) is 2.98. The number of benzene rings is 2. The first-order valence-corrected chi connectivity index (χ1v) is 6.62. The Morgan fingerprint density at radius 3 is 2.56 bits per heavy atom. The normalized spacial score (nSPS) is 12.2. The minimum Gasteiger partial charge on any atom is -0.378 e. The van der Waals surface area contributed by atoms with Gasteiger partial charge < -0.3 is 5.32 Å². The third-order valence-electron chi connectivity index (χ3n) is 2.66. The summed E-state index contributed by atoms with van der Waals surface area (Å²) in [7, 11) is 0. The standard InChI is InChI=1S/C14H12F2IN/c1-9(12-6-3-7-13(15)14(12)16)18-11-5-2-4-10(17)8-11/h2-9,18H,1H3. The average molecular weight is 359 g/mol. The molecular formula is C14H12F2IN. The number of halogens is 3. The number of nitrogens with one attached hydrogen (secondary N) is 1. The van der Waals surface area contributed by atoms with Gasteiger partial charge in [-0.05, 0) is 53.8 Å². The molecule has 1 atom stereocenters. The Hall–Kier alpha value is -1.17. The van der Waals surface area contributed by atoms with Gasteiger partial charge in [-0.25, -0.2) is 8.78 Å². The molecule has 0 aliphatic carbocycles. The van der Waals surface area contributed by atoms with Crippen LogP contribution in [0.2, 0.25) is 0 Å². The molecule has 0 heterocycles. The summed E-state index contributed by atoms with van der Waals surface area (Å²) in [6.07, 6.45) is 0. The van der Waals surface area contributed by atoms with E-state index in [1.807, 2.05) is 24.3 Å². The van der Waals surface area contributed by atoms with Gasteiger partial charge in [-0.3, -0.25) is 0 Å². The minimum atomic E-state index is -0.816. The Balaban J connectivity index is 2.22. The molecule has 0 amide bonds. The molecule has 0 bridgehead atoms. The maximum atomic E-state index is 13.6. The van der Waals surface area contributed by atoms with Crippen LogP contribution >= 0.6 is 22.6 Å². The van der Waals surface area contributed by atoms with E-state index in [-0.39, 0.29) is 6.04 Å². The molecule has 0 saturated carbocycles. The van der Waals surface area contributed by atoms with Crippen LogP contribution < -0.4 is 5.32 Å². The zero-order valence-electron chi connectivity index (χ0n) is 9.75. The zero-order chi connectivity index (χ0) is 13.1. The predicted molar refractivity (Wildman–Crippen MR) is 77.6 cm³/mol. The smallest absolute Gasteiger partial charge is 0.164 e. The molecule has 4 heteroatoms. The number of anilines is 1. The van der Waals surface area contributed by atoms with Gasteiger partial charge in [0.05, 0.1) is 6.04 Å². The van der Waals surface area contributed by atoms with Crippen LogP contribution in [0.5, 0.6) is 0 Å². The summed E-state index contributed by atoms with van der Waals surface area (Å²) >= 11 is 2.20. The van der Waals surface area contributed by atoms with Crippen molar-refractivity contribution in [3.8, 4) is 0 Å². The van der Waals surface area contributed by atoms with Gasteiger partial charge in [0, 0.05) is 14.8 Å². The van der Waals surface area contributed by atoms with E-state index >= 15 is 0 Å². The molecule has 1 unspecified atom stereocenters. The molecule has 0 aliphatic rings. The van der Waals surface area contributed by atoms with E-state index in [4.69, 9.17) is 0 Å². The molecule has 2 aromatic rings. The number of hydrogen-bond acceptors (Lipinski definition) is 1. The SMILES string of the molecule is CC(Nc1cccc(I)c1)c1cccc(F)c1F. The van der Waals surface area contributed by atoms with E-state index in [0.717, 1.165) is 15.3 Å². The summed E-state index contributed by atoms with van der Waals surface area (Å²) in [5.74, 6) is -1.60. The van der Waals surface area contributed by atoms with Crippen LogP contribution in [0, 0.1) is 15.2 Å². The minimum absolute atomic E-state index is 0.293. The van der Waals surface area contributed by atoms with Gasteiger partial charge in [-0.15, -0.1) is 0 Å². The molecule has 0 radical (unpaired) electrons. The summed E-state index contributed by atoms with van der Waals surface area (Å²) < 4.78 is 27.8. The Bertz CT molecular complexity index is 557. The van der Waals surface area contributed by atoms with Crippen molar-refractivity contribution in [2.45, 2.75) is 13.0 Å². The van der Waals surface area contributed by atoms with Crippen LogP contribution in [0.15, 0.2) is 42.5 Å².